The Morgan fingerprint density at radius 1 is 1.33 bits per heavy atom. The van der Waals surface area contributed by atoms with E-state index in [4.69, 9.17) is 0 Å². The van der Waals surface area contributed by atoms with Crippen molar-refractivity contribution in [2.75, 3.05) is 6.67 Å². The Balaban J connectivity index is 2.40. The van der Waals surface area contributed by atoms with Crippen molar-refractivity contribution in [3.63, 3.8) is 0 Å². The van der Waals surface area contributed by atoms with Crippen LogP contribution in [0.15, 0.2) is 0 Å². The van der Waals surface area contributed by atoms with Gasteiger partial charge in [0.15, 0.2) is 0 Å². The van der Waals surface area contributed by atoms with Crippen molar-refractivity contribution < 1.29 is 9.98 Å². The number of rotatable bonds is 0. The fourth-order valence-electron chi connectivity index (χ4n) is 0.321. The first-order valence-corrected chi connectivity index (χ1v) is 1.86. The van der Waals surface area contributed by atoms with Crippen LogP contribution in [0.2, 0.25) is 0 Å². The van der Waals surface area contributed by atoms with Gasteiger partial charge in [-0.15, -0.1) is 0 Å². The van der Waals surface area contributed by atoms with Crippen LogP contribution in [-0.4, -0.2) is 19.3 Å². The number of hydrogen-bond acceptors (Lipinski definition) is 1. The molecule has 0 aromatic carbocycles. The minimum absolute atomic E-state index is 0.826. The molecule has 0 radical (unpaired) electrons. The Hall–Kier alpha value is -0.860. The van der Waals surface area contributed by atoms with Crippen LogP contribution < -0.4 is 15.3 Å². The Morgan fingerprint density at radius 2 is 2.00 bits per heavy atom. The summed E-state index contributed by atoms with van der Waals surface area (Å²) in [4.78, 5) is 5.81. The molecule has 3 N–H and O–H groups in total. The van der Waals surface area contributed by atoms with E-state index >= 15 is 0 Å². The molecule has 0 saturated heterocycles. The van der Waals surface area contributed by atoms with Gasteiger partial charge in [-0.2, -0.15) is 0 Å². The van der Waals surface area contributed by atoms with E-state index in [-0.39, 0.29) is 0 Å². The maximum absolute atomic E-state index is 2.91. The molecule has 0 amide bonds. The van der Waals surface area contributed by atoms with Gasteiger partial charge in [-0.05, 0) is 0 Å². The lowest BCUT2D eigenvalue weighted by atomic mass is 10.9. The fraction of sp³-hybridized carbons (Fsp3) is 0.333. The SMILES string of the molecule is C1=[NH+]C[NH+]=CN1. The maximum atomic E-state index is 2.91. The van der Waals surface area contributed by atoms with Crippen LogP contribution in [0.4, 0.5) is 0 Å². The summed E-state index contributed by atoms with van der Waals surface area (Å²) in [6.07, 6.45) is 3.55. The monoisotopic (exact) mass is 85.1 g/mol. The van der Waals surface area contributed by atoms with E-state index in [0.717, 1.165) is 6.67 Å². The normalized spacial score (nSPS) is 17.3. The molecule has 0 spiro atoms. The Bertz CT molecular complexity index is 64.0. The average molecular weight is 85.1 g/mol. The molecule has 0 saturated carbocycles. The predicted molar refractivity (Wildman–Crippen MR) is 22.1 cm³/mol. The van der Waals surface area contributed by atoms with Crippen LogP contribution in [0.3, 0.4) is 0 Å². The quantitative estimate of drug-likeness (QED) is 0.274. The van der Waals surface area contributed by atoms with Gasteiger partial charge in [0.2, 0.25) is 19.3 Å². The molecule has 0 aromatic rings. The van der Waals surface area contributed by atoms with Gasteiger partial charge in [0, 0.05) is 0 Å². The van der Waals surface area contributed by atoms with E-state index in [2.05, 4.69) is 15.3 Å². The molecular formula is C3H7N3+2. The second-order valence-electron chi connectivity index (χ2n) is 1.04. The highest BCUT2D eigenvalue weighted by atomic mass is 15.1. The molecule has 1 rings (SSSR count). The van der Waals surface area contributed by atoms with E-state index in [1.807, 2.05) is 0 Å². The van der Waals surface area contributed by atoms with Gasteiger partial charge < -0.3 is 0 Å². The second kappa shape index (κ2) is 1.55. The van der Waals surface area contributed by atoms with E-state index in [0.29, 0.717) is 0 Å². The minimum atomic E-state index is 0.826. The van der Waals surface area contributed by atoms with E-state index in [1.165, 1.54) is 0 Å². The third kappa shape index (κ3) is 0.544. The molecule has 0 atom stereocenters. The summed E-state index contributed by atoms with van der Waals surface area (Å²) in [5.74, 6) is 0. The van der Waals surface area contributed by atoms with Crippen molar-refractivity contribution in [2.45, 2.75) is 0 Å². The zero-order valence-corrected chi connectivity index (χ0v) is 3.36. The largest absolute Gasteiger partial charge is 0.244 e. The number of hydrogen-bond donors (Lipinski definition) is 3. The van der Waals surface area contributed by atoms with Crippen molar-refractivity contribution in [3.05, 3.63) is 0 Å². The number of nitrogens with one attached hydrogen (secondary N) is 3. The first-order chi connectivity index (χ1) is 3.00. The third-order valence-corrected chi connectivity index (χ3v) is 0.575. The molecule has 1 aliphatic rings. The first kappa shape index (κ1) is 3.33. The topological polar surface area (TPSA) is 40.0 Å². The van der Waals surface area contributed by atoms with Crippen LogP contribution in [-0.2, 0) is 0 Å². The van der Waals surface area contributed by atoms with E-state index < -0.39 is 0 Å². The highest BCUT2D eigenvalue weighted by molar-refractivity contribution is 5.68. The Kier molecular flexibility index (Phi) is 0.859. The molecule has 0 bridgehead atoms. The molecule has 1 aliphatic heterocycles. The summed E-state index contributed by atoms with van der Waals surface area (Å²) >= 11 is 0. The third-order valence-electron chi connectivity index (χ3n) is 0.575. The summed E-state index contributed by atoms with van der Waals surface area (Å²) in [5.41, 5.74) is 0. The summed E-state index contributed by atoms with van der Waals surface area (Å²) in [7, 11) is 0. The van der Waals surface area contributed by atoms with Crippen LogP contribution in [0, 0.1) is 0 Å². The van der Waals surface area contributed by atoms with Crippen LogP contribution >= 0.6 is 0 Å². The Morgan fingerprint density at radius 3 is 2.17 bits per heavy atom. The molecule has 3 nitrogen and oxygen atoms in total. The zero-order chi connectivity index (χ0) is 4.24. The lowest BCUT2D eigenvalue weighted by Crippen LogP contribution is -2.96. The smallest absolute Gasteiger partial charge is 0.240 e. The van der Waals surface area contributed by atoms with Gasteiger partial charge in [0.05, 0.1) is 0 Å². The van der Waals surface area contributed by atoms with Gasteiger partial charge in [-0.3, -0.25) is 0 Å². The molecule has 0 fully saturated rings. The molecule has 0 unspecified atom stereocenters. The molecule has 32 valence electrons. The average Bonchev–Trinajstić information content (AvgIpc) is 1.72. The lowest BCUT2D eigenvalue weighted by molar-refractivity contribution is -0.682. The molecule has 0 aromatic heterocycles. The van der Waals surface area contributed by atoms with Gasteiger partial charge in [0.25, 0.3) is 0 Å². The standard InChI is InChI=1S/C3H5N3/c1-4-2-6-3-5-1/h1-2H,3H2,(H,4,5,6)/p+2. The van der Waals surface area contributed by atoms with Crippen LogP contribution in [0.5, 0.6) is 0 Å². The molecule has 1 heterocycles. The van der Waals surface area contributed by atoms with Crippen molar-refractivity contribution >= 4 is 12.7 Å². The Labute approximate surface area is 35.8 Å². The van der Waals surface area contributed by atoms with Gasteiger partial charge >= 0.3 is 0 Å². The molecule has 0 aliphatic carbocycles. The molecule has 3 heteroatoms. The summed E-state index contributed by atoms with van der Waals surface area (Å²) < 4.78 is 0. The predicted octanol–water partition coefficient (Wildman–Crippen LogP) is -4.24. The highest BCUT2D eigenvalue weighted by Crippen LogP contribution is 1.13. The lowest BCUT2D eigenvalue weighted by Gasteiger charge is -1.83. The van der Waals surface area contributed by atoms with Crippen molar-refractivity contribution in [3.8, 4) is 0 Å². The van der Waals surface area contributed by atoms with Crippen LogP contribution in [0.1, 0.15) is 0 Å². The summed E-state index contributed by atoms with van der Waals surface area (Å²) in [5, 5.41) is 2.81. The van der Waals surface area contributed by atoms with Crippen molar-refractivity contribution in [2.24, 2.45) is 0 Å². The van der Waals surface area contributed by atoms with Gasteiger partial charge in [-0.25, -0.2) is 15.3 Å². The highest BCUT2D eigenvalue weighted by Gasteiger charge is 1.83. The minimum Gasteiger partial charge on any atom is -0.244 e. The molecular weight excluding hydrogens is 78.1 g/mol. The van der Waals surface area contributed by atoms with Crippen LogP contribution in [0.25, 0.3) is 0 Å². The van der Waals surface area contributed by atoms with E-state index in [9.17, 15) is 0 Å². The first-order valence-electron chi connectivity index (χ1n) is 1.86. The van der Waals surface area contributed by atoms with Crippen molar-refractivity contribution in [1.29, 1.82) is 0 Å². The fourth-order valence-corrected chi connectivity index (χ4v) is 0.321. The summed E-state index contributed by atoms with van der Waals surface area (Å²) in [6.45, 7) is 0.826. The van der Waals surface area contributed by atoms with Gasteiger partial charge in [0.1, 0.15) is 0 Å². The summed E-state index contributed by atoms with van der Waals surface area (Å²) in [6, 6.07) is 0. The maximum Gasteiger partial charge on any atom is 0.240 e. The molecule has 6 heavy (non-hydrogen) atoms. The second-order valence-corrected chi connectivity index (χ2v) is 1.04. The van der Waals surface area contributed by atoms with Gasteiger partial charge in [-0.1, -0.05) is 0 Å². The van der Waals surface area contributed by atoms with E-state index in [1.54, 1.807) is 12.7 Å². The zero-order valence-electron chi connectivity index (χ0n) is 3.36. The van der Waals surface area contributed by atoms with Crippen molar-refractivity contribution in [1.82, 2.24) is 5.32 Å².